The molecule has 1 aliphatic heterocycles. The molecule has 1 fully saturated rings. The van der Waals surface area contributed by atoms with E-state index in [-0.39, 0.29) is 12.0 Å². The van der Waals surface area contributed by atoms with Gasteiger partial charge >= 0.3 is 6.01 Å². The van der Waals surface area contributed by atoms with Crippen LogP contribution in [0.3, 0.4) is 0 Å². The number of rotatable bonds is 3. The number of ether oxygens (including phenoxy) is 1. The molecule has 2 aromatic heterocycles. The summed E-state index contributed by atoms with van der Waals surface area (Å²) >= 11 is 0. The summed E-state index contributed by atoms with van der Waals surface area (Å²) < 4.78 is 5.87. The summed E-state index contributed by atoms with van der Waals surface area (Å²) in [5, 5.41) is 0. The van der Waals surface area contributed by atoms with E-state index in [1.54, 1.807) is 4.90 Å². The van der Waals surface area contributed by atoms with Gasteiger partial charge < -0.3 is 9.64 Å². The summed E-state index contributed by atoms with van der Waals surface area (Å²) in [5.74, 6) is -0.129. The van der Waals surface area contributed by atoms with Gasteiger partial charge in [0.15, 0.2) is 0 Å². The Bertz CT molecular complexity index is 955. The molecular weight excluding hydrogens is 330 g/mol. The van der Waals surface area contributed by atoms with E-state index in [4.69, 9.17) is 4.74 Å². The predicted molar refractivity (Wildman–Crippen MR) is 96.0 cm³/mol. The fraction of sp³-hybridized carbons (Fsp3) is 0.316. The topological polar surface area (TPSA) is 81.1 Å². The molecule has 3 heterocycles. The lowest BCUT2D eigenvalue weighted by Crippen LogP contribution is -2.31. The largest absolute Gasteiger partial charge is 0.458 e. The molecule has 3 aromatic rings. The highest BCUT2D eigenvalue weighted by molar-refractivity contribution is 5.94. The standard InChI is InChI=1S/C19H19N5O2/c1-12-9-13(2)22-19(21-12)26-14-7-8-24(11-14)18(25)17-10-20-15-5-3-4-6-16(15)23-17/h3-6,9-10,14H,7-8,11H2,1-2H3/t14-/m0/s1. The molecule has 0 aliphatic carbocycles. The molecule has 0 unspecified atom stereocenters. The summed E-state index contributed by atoms with van der Waals surface area (Å²) in [6.45, 7) is 4.92. The lowest BCUT2D eigenvalue weighted by molar-refractivity contribution is 0.0763. The molecule has 0 bridgehead atoms. The smallest absolute Gasteiger partial charge is 0.317 e. The first-order valence-corrected chi connectivity index (χ1v) is 8.58. The Kier molecular flexibility index (Phi) is 4.20. The summed E-state index contributed by atoms with van der Waals surface area (Å²) in [6.07, 6.45) is 2.16. The summed E-state index contributed by atoms with van der Waals surface area (Å²) in [4.78, 5) is 31.8. The number of para-hydroxylation sites is 2. The number of carbonyl (C=O) groups is 1. The maximum atomic E-state index is 12.7. The number of carbonyl (C=O) groups excluding carboxylic acids is 1. The highest BCUT2D eigenvalue weighted by atomic mass is 16.5. The van der Waals surface area contributed by atoms with Gasteiger partial charge in [0, 0.05) is 24.4 Å². The van der Waals surface area contributed by atoms with Crippen LogP contribution >= 0.6 is 0 Å². The molecule has 1 amide bonds. The molecule has 26 heavy (non-hydrogen) atoms. The lowest BCUT2D eigenvalue weighted by Gasteiger charge is -2.16. The van der Waals surface area contributed by atoms with E-state index in [9.17, 15) is 4.79 Å². The number of nitrogens with zero attached hydrogens (tertiary/aromatic N) is 5. The first-order valence-electron chi connectivity index (χ1n) is 8.58. The zero-order chi connectivity index (χ0) is 18.1. The lowest BCUT2D eigenvalue weighted by atomic mass is 10.3. The van der Waals surface area contributed by atoms with Crippen molar-refractivity contribution in [3.05, 3.63) is 53.6 Å². The molecule has 7 heteroatoms. The van der Waals surface area contributed by atoms with E-state index < -0.39 is 0 Å². The Morgan fingerprint density at radius 2 is 1.85 bits per heavy atom. The number of fused-ring (bicyclic) bond motifs is 1. The van der Waals surface area contributed by atoms with Crippen LogP contribution in [0.25, 0.3) is 11.0 Å². The van der Waals surface area contributed by atoms with Gasteiger partial charge in [-0.05, 0) is 32.0 Å². The summed E-state index contributed by atoms with van der Waals surface area (Å²) in [7, 11) is 0. The van der Waals surface area contributed by atoms with Gasteiger partial charge in [-0.25, -0.2) is 15.0 Å². The number of likely N-dealkylation sites (tertiary alicyclic amines) is 1. The van der Waals surface area contributed by atoms with E-state index in [0.717, 1.165) is 23.3 Å². The number of aromatic nitrogens is 4. The minimum Gasteiger partial charge on any atom is -0.458 e. The van der Waals surface area contributed by atoms with Crippen LogP contribution in [0.2, 0.25) is 0 Å². The zero-order valence-corrected chi connectivity index (χ0v) is 14.7. The van der Waals surface area contributed by atoms with Gasteiger partial charge in [0.1, 0.15) is 11.8 Å². The maximum absolute atomic E-state index is 12.7. The van der Waals surface area contributed by atoms with Crippen LogP contribution in [0.1, 0.15) is 28.3 Å². The van der Waals surface area contributed by atoms with E-state index >= 15 is 0 Å². The molecule has 0 radical (unpaired) electrons. The van der Waals surface area contributed by atoms with Crippen LogP contribution in [0.5, 0.6) is 6.01 Å². The van der Waals surface area contributed by atoms with Crippen molar-refractivity contribution in [2.45, 2.75) is 26.4 Å². The van der Waals surface area contributed by atoms with Crippen LogP contribution < -0.4 is 4.74 Å². The second-order valence-electron chi connectivity index (χ2n) is 6.46. The molecule has 4 rings (SSSR count). The number of amides is 1. The van der Waals surface area contributed by atoms with Crippen molar-refractivity contribution in [1.82, 2.24) is 24.8 Å². The normalized spacial score (nSPS) is 16.8. The fourth-order valence-corrected chi connectivity index (χ4v) is 3.13. The van der Waals surface area contributed by atoms with Crippen molar-refractivity contribution in [2.75, 3.05) is 13.1 Å². The molecule has 0 N–H and O–H groups in total. The SMILES string of the molecule is Cc1cc(C)nc(O[C@H]2CCN(C(=O)c3cnc4ccccc4n3)C2)n1. The third-order valence-corrected chi connectivity index (χ3v) is 4.33. The number of hydrogen-bond donors (Lipinski definition) is 0. The highest BCUT2D eigenvalue weighted by Gasteiger charge is 2.29. The van der Waals surface area contributed by atoms with E-state index in [0.29, 0.717) is 30.3 Å². The van der Waals surface area contributed by atoms with Crippen LogP contribution in [0.15, 0.2) is 36.5 Å². The van der Waals surface area contributed by atoms with Crippen molar-refractivity contribution in [3.63, 3.8) is 0 Å². The fourth-order valence-electron chi connectivity index (χ4n) is 3.13. The minimum atomic E-state index is -0.129. The van der Waals surface area contributed by atoms with Gasteiger partial charge in [0.25, 0.3) is 5.91 Å². The van der Waals surface area contributed by atoms with Crippen LogP contribution in [-0.2, 0) is 0 Å². The van der Waals surface area contributed by atoms with Crippen molar-refractivity contribution < 1.29 is 9.53 Å². The number of benzene rings is 1. The van der Waals surface area contributed by atoms with Gasteiger partial charge in [-0.3, -0.25) is 9.78 Å². The Hall–Kier alpha value is -3.09. The Balaban J connectivity index is 1.46. The maximum Gasteiger partial charge on any atom is 0.317 e. The molecule has 0 saturated carbocycles. The first kappa shape index (κ1) is 16.4. The minimum absolute atomic E-state index is 0.117. The van der Waals surface area contributed by atoms with Gasteiger partial charge in [-0.15, -0.1) is 0 Å². The summed E-state index contributed by atoms with van der Waals surface area (Å²) in [6, 6.07) is 9.78. The monoisotopic (exact) mass is 349 g/mol. The van der Waals surface area contributed by atoms with E-state index in [1.807, 2.05) is 44.2 Å². The quantitative estimate of drug-likeness (QED) is 0.722. The predicted octanol–water partition coefficient (Wildman–Crippen LogP) is 2.33. The number of aryl methyl sites for hydroxylation is 2. The third-order valence-electron chi connectivity index (χ3n) is 4.33. The van der Waals surface area contributed by atoms with Gasteiger partial charge in [-0.1, -0.05) is 12.1 Å². The molecular formula is C19H19N5O2. The third kappa shape index (κ3) is 3.33. The molecule has 132 valence electrons. The highest BCUT2D eigenvalue weighted by Crippen LogP contribution is 2.18. The van der Waals surface area contributed by atoms with Crippen LogP contribution in [0, 0.1) is 13.8 Å². The van der Waals surface area contributed by atoms with Crippen molar-refractivity contribution >= 4 is 16.9 Å². The average Bonchev–Trinajstić information content (AvgIpc) is 3.08. The molecule has 1 atom stereocenters. The Morgan fingerprint density at radius 1 is 1.12 bits per heavy atom. The Labute approximate surface area is 151 Å². The van der Waals surface area contributed by atoms with E-state index in [1.165, 1.54) is 6.20 Å². The van der Waals surface area contributed by atoms with Crippen LogP contribution in [0.4, 0.5) is 0 Å². The number of hydrogen-bond acceptors (Lipinski definition) is 6. The summed E-state index contributed by atoms with van der Waals surface area (Å²) in [5.41, 5.74) is 3.58. The van der Waals surface area contributed by atoms with Crippen molar-refractivity contribution in [2.24, 2.45) is 0 Å². The second kappa shape index (κ2) is 6.67. The molecule has 7 nitrogen and oxygen atoms in total. The van der Waals surface area contributed by atoms with Gasteiger partial charge in [-0.2, -0.15) is 0 Å². The molecule has 1 aromatic carbocycles. The molecule has 0 spiro atoms. The second-order valence-corrected chi connectivity index (χ2v) is 6.46. The van der Waals surface area contributed by atoms with Crippen molar-refractivity contribution in [3.8, 4) is 6.01 Å². The average molecular weight is 349 g/mol. The van der Waals surface area contributed by atoms with Gasteiger partial charge in [0.2, 0.25) is 0 Å². The molecule has 1 saturated heterocycles. The first-order chi connectivity index (χ1) is 12.6. The molecule has 1 aliphatic rings. The van der Waals surface area contributed by atoms with E-state index in [2.05, 4.69) is 19.9 Å². The van der Waals surface area contributed by atoms with Crippen LogP contribution in [-0.4, -0.2) is 49.9 Å². The zero-order valence-electron chi connectivity index (χ0n) is 14.7. The van der Waals surface area contributed by atoms with Gasteiger partial charge in [0.05, 0.1) is 23.8 Å². The van der Waals surface area contributed by atoms with Crippen molar-refractivity contribution in [1.29, 1.82) is 0 Å². The Morgan fingerprint density at radius 3 is 2.62 bits per heavy atom.